The monoisotopic (exact) mass is 339 g/mol. The number of hydrogen-bond acceptors (Lipinski definition) is 3. The van der Waals surface area contributed by atoms with E-state index in [2.05, 4.69) is 60.4 Å². The van der Waals surface area contributed by atoms with Crippen molar-refractivity contribution in [3.63, 3.8) is 0 Å². The van der Waals surface area contributed by atoms with Crippen LogP contribution in [0.25, 0.3) is 0 Å². The van der Waals surface area contributed by atoms with Gasteiger partial charge in [-0.25, -0.2) is 9.97 Å². The van der Waals surface area contributed by atoms with Crippen LogP contribution in [0, 0.1) is 11.8 Å². The first-order valence-corrected chi connectivity index (χ1v) is 8.36. The Kier molecular flexibility index (Phi) is 4.73. The zero-order chi connectivity index (χ0) is 14.9. The molecule has 0 saturated carbocycles. The Morgan fingerprint density at radius 2 is 1.80 bits per heavy atom. The Balaban J connectivity index is 2.16. The van der Waals surface area contributed by atoms with Crippen LogP contribution in [0.2, 0.25) is 0 Å². The molecule has 1 aromatic heterocycles. The van der Waals surface area contributed by atoms with Gasteiger partial charge in [0.25, 0.3) is 0 Å². The molecule has 0 radical (unpaired) electrons. The minimum absolute atomic E-state index is 0.0191. The molecule has 0 spiro atoms. The highest BCUT2D eigenvalue weighted by molar-refractivity contribution is 9.10. The second-order valence-corrected chi connectivity index (χ2v) is 8.00. The first kappa shape index (κ1) is 15.7. The molecule has 1 saturated heterocycles. The summed E-state index contributed by atoms with van der Waals surface area (Å²) in [6.07, 6.45) is 2.54. The molecule has 1 aromatic rings. The van der Waals surface area contributed by atoms with Gasteiger partial charge >= 0.3 is 0 Å². The SMILES string of the molecule is CC(C)C1CCN(c2cc(Br)nc(C(C)(C)C)n2)CC1. The van der Waals surface area contributed by atoms with Gasteiger partial charge in [0.2, 0.25) is 0 Å². The van der Waals surface area contributed by atoms with Crippen LogP contribution in [0.15, 0.2) is 10.7 Å². The van der Waals surface area contributed by atoms with Gasteiger partial charge in [-0.1, -0.05) is 34.6 Å². The predicted molar refractivity (Wildman–Crippen MR) is 88.2 cm³/mol. The van der Waals surface area contributed by atoms with Crippen LogP contribution in [0.1, 0.15) is 53.3 Å². The first-order valence-electron chi connectivity index (χ1n) is 7.57. The van der Waals surface area contributed by atoms with E-state index >= 15 is 0 Å². The molecule has 0 atom stereocenters. The molecule has 0 aliphatic carbocycles. The lowest BCUT2D eigenvalue weighted by atomic mass is 9.87. The van der Waals surface area contributed by atoms with Gasteiger partial charge in [0, 0.05) is 24.6 Å². The number of anilines is 1. The van der Waals surface area contributed by atoms with Crippen LogP contribution in [0.4, 0.5) is 5.82 Å². The molecule has 2 rings (SSSR count). The highest BCUT2D eigenvalue weighted by Gasteiger charge is 2.24. The van der Waals surface area contributed by atoms with E-state index in [1.54, 1.807) is 0 Å². The minimum Gasteiger partial charge on any atom is -0.356 e. The molecule has 4 heteroatoms. The van der Waals surface area contributed by atoms with Crippen LogP contribution in [-0.2, 0) is 5.41 Å². The van der Waals surface area contributed by atoms with Crippen LogP contribution in [0.3, 0.4) is 0 Å². The van der Waals surface area contributed by atoms with Crippen LogP contribution in [0.5, 0.6) is 0 Å². The van der Waals surface area contributed by atoms with Gasteiger partial charge in [0.05, 0.1) is 0 Å². The summed E-state index contributed by atoms with van der Waals surface area (Å²) in [5.41, 5.74) is -0.0191. The van der Waals surface area contributed by atoms with Crippen LogP contribution >= 0.6 is 15.9 Å². The van der Waals surface area contributed by atoms with Crippen molar-refractivity contribution in [2.75, 3.05) is 18.0 Å². The Bertz CT molecular complexity index is 457. The van der Waals surface area contributed by atoms with E-state index in [1.165, 1.54) is 12.8 Å². The summed E-state index contributed by atoms with van der Waals surface area (Å²) in [4.78, 5) is 11.7. The van der Waals surface area contributed by atoms with E-state index in [0.29, 0.717) is 0 Å². The highest BCUT2D eigenvalue weighted by Crippen LogP contribution is 2.29. The normalized spacial score (nSPS) is 17.9. The van der Waals surface area contributed by atoms with Crippen molar-refractivity contribution in [2.45, 2.75) is 52.9 Å². The fourth-order valence-corrected chi connectivity index (χ4v) is 3.07. The molecule has 1 aliphatic heterocycles. The quantitative estimate of drug-likeness (QED) is 0.747. The fraction of sp³-hybridized carbons (Fsp3) is 0.750. The minimum atomic E-state index is -0.0191. The number of rotatable bonds is 2. The van der Waals surface area contributed by atoms with Gasteiger partial charge in [-0.05, 0) is 40.6 Å². The number of piperidine rings is 1. The largest absolute Gasteiger partial charge is 0.356 e. The molecule has 0 bridgehead atoms. The van der Waals surface area contributed by atoms with Crippen molar-refractivity contribution in [2.24, 2.45) is 11.8 Å². The third-order valence-corrected chi connectivity index (χ3v) is 4.56. The summed E-state index contributed by atoms with van der Waals surface area (Å²) in [5.74, 6) is 3.63. The lowest BCUT2D eigenvalue weighted by Crippen LogP contribution is -2.36. The topological polar surface area (TPSA) is 29.0 Å². The summed E-state index contributed by atoms with van der Waals surface area (Å²) in [7, 11) is 0. The Hall–Kier alpha value is -0.640. The van der Waals surface area contributed by atoms with Crippen molar-refractivity contribution < 1.29 is 0 Å². The summed E-state index contributed by atoms with van der Waals surface area (Å²) >= 11 is 3.53. The third-order valence-electron chi connectivity index (χ3n) is 4.16. The summed E-state index contributed by atoms with van der Waals surface area (Å²) in [6.45, 7) is 13.3. The number of nitrogens with zero attached hydrogens (tertiary/aromatic N) is 3. The van der Waals surface area contributed by atoms with E-state index < -0.39 is 0 Å². The first-order chi connectivity index (χ1) is 9.27. The van der Waals surface area contributed by atoms with Crippen molar-refractivity contribution >= 4 is 21.7 Å². The molecule has 1 fully saturated rings. The maximum Gasteiger partial charge on any atom is 0.137 e. The van der Waals surface area contributed by atoms with Crippen molar-refractivity contribution in [3.8, 4) is 0 Å². The molecule has 2 heterocycles. The zero-order valence-electron chi connectivity index (χ0n) is 13.3. The summed E-state index contributed by atoms with van der Waals surface area (Å²) < 4.78 is 0.887. The summed E-state index contributed by atoms with van der Waals surface area (Å²) in [6, 6.07) is 2.05. The van der Waals surface area contributed by atoms with Gasteiger partial charge in [0.1, 0.15) is 16.2 Å². The molecule has 3 nitrogen and oxygen atoms in total. The molecule has 0 aromatic carbocycles. The van der Waals surface area contributed by atoms with Gasteiger partial charge < -0.3 is 4.90 Å². The molecular formula is C16H26BrN3. The van der Waals surface area contributed by atoms with E-state index in [9.17, 15) is 0 Å². The third kappa shape index (κ3) is 3.72. The smallest absolute Gasteiger partial charge is 0.137 e. The maximum atomic E-state index is 4.78. The zero-order valence-corrected chi connectivity index (χ0v) is 14.9. The standard InChI is InChI=1S/C16H26BrN3/c1-11(2)12-6-8-20(9-7-12)14-10-13(17)18-15(19-14)16(3,4)5/h10-12H,6-9H2,1-5H3. The van der Waals surface area contributed by atoms with Crippen LogP contribution < -0.4 is 4.90 Å². The van der Waals surface area contributed by atoms with E-state index in [4.69, 9.17) is 4.98 Å². The molecule has 0 N–H and O–H groups in total. The Labute approximate surface area is 131 Å². The average Bonchev–Trinajstić information content (AvgIpc) is 2.37. The van der Waals surface area contributed by atoms with Gasteiger partial charge in [-0.3, -0.25) is 0 Å². The molecule has 0 unspecified atom stereocenters. The Morgan fingerprint density at radius 3 is 2.30 bits per heavy atom. The van der Waals surface area contributed by atoms with Crippen molar-refractivity contribution in [1.82, 2.24) is 9.97 Å². The van der Waals surface area contributed by atoms with Gasteiger partial charge in [-0.2, -0.15) is 0 Å². The second-order valence-electron chi connectivity index (χ2n) is 7.19. The number of hydrogen-bond donors (Lipinski definition) is 0. The molecule has 1 aliphatic rings. The highest BCUT2D eigenvalue weighted by atomic mass is 79.9. The molecule has 0 amide bonds. The molecular weight excluding hydrogens is 314 g/mol. The van der Waals surface area contributed by atoms with Crippen molar-refractivity contribution in [1.29, 1.82) is 0 Å². The maximum absolute atomic E-state index is 4.78. The lowest BCUT2D eigenvalue weighted by molar-refractivity contribution is 0.310. The van der Waals surface area contributed by atoms with Gasteiger partial charge in [0.15, 0.2) is 0 Å². The fourth-order valence-electron chi connectivity index (χ4n) is 2.70. The second kappa shape index (κ2) is 6.00. The number of aromatic nitrogens is 2. The molecule has 112 valence electrons. The van der Waals surface area contributed by atoms with E-state index in [1.807, 2.05) is 6.07 Å². The van der Waals surface area contributed by atoms with E-state index in [-0.39, 0.29) is 5.41 Å². The Morgan fingerprint density at radius 1 is 1.20 bits per heavy atom. The average molecular weight is 340 g/mol. The lowest BCUT2D eigenvalue weighted by Gasteiger charge is -2.35. The predicted octanol–water partition coefficient (Wildman–Crippen LogP) is 4.41. The van der Waals surface area contributed by atoms with E-state index in [0.717, 1.165) is 41.2 Å². The number of halogens is 1. The van der Waals surface area contributed by atoms with Crippen LogP contribution in [-0.4, -0.2) is 23.1 Å². The molecule has 20 heavy (non-hydrogen) atoms. The van der Waals surface area contributed by atoms with Gasteiger partial charge in [-0.15, -0.1) is 0 Å². The summed E-state index contributed by atoms with van der Waals surface area (Å²) in [5, 5.41) is 0. The van der Waals surface area contributed by atoms with Crippen molar-refractivity contribution in [3.05, 3.63) is 16.5 Å².